The first-order chi connectivity index (χ1) is 10.0. The van der Waals surface area contributed by atoms with Crippen molar-refractivity contribution in [2.45, 2.75) is 45.6 Å². The summed E-state index contributed by atoms with van der Waals surface area (Å²) in [5, 5.41) is 11.1. The number of rotatable bonds is 3. The summed E-state index contributed by atoms with van der Waals surface area (Å²) in [5.74, 6) is 0.737. The number of hydrogen-bond acceptors (Lipinski definition) is 3. The fourth-order valence-electron chi connectivity index (χ4n) is 4.15. The molecule has 3 atom stereocenters. The number of nitrogens with one attached hydrogen (secondary N) is 2. The molecule has 1 aromatic rings. The van der Waals surface area contributed by atoms with Crippen LogP contribution >= 0.6 is 0 Å². The van der Waals surface area contributed by atoms with E-state index in [-0.39, 0.29) is 17.4 Å². The number of fused-ring (bicyclic) bond motifs is 1. The maximum atomic E-state index is 12.9. The first kappa shape index (κ1) is 14.6. The summed E-state index contributed by atoms with van der Waals surface area (Å²) in [4.78, 5) is 12.9. The zero-order valence-corrected chi connectivity index (χ0v) is 13.3. The molecule has 5 nitrogen and oxygen atoms in total. The molecule has 1 aromatic heterocycles. The van der Waals surface area contributed by atoms with Crippen LogP contribution in [0.4, 0.5) is 0 Å². The lowest BCUT2D eigenvalue weighted by Crippen LogP contribution is -2.48. The van der Waals surface area contributed by atoms with Gasteiger partial charge in [-0.3, -0.25) is 9.48 Å². The predicted octanol–water partition coefficient (Wildman–Crippen LogP) is 1.69. The van der Waals surface area contributed by atoms with E-state index in [4.69, 9.17) is 0 Å². The third-order valence-corrected chi connectivity index (χ3v) is 5.36. The van der Waals surface area contributed by atoms with Crippen LogP contribution in [0.15, 0.2) is 6.20 Å². The molecule has 2 heterocycles. The highest BCUT2D eigenvalue weighted by atomic mass is 16.2. The minimum Gasteiger partial charge on any atom is -0.349 e. The van der Waals surface area contributed by atoms with Crippen LogP contribution in [0.25, 0.3) is 0 Å². The summed E-state index contributed by atoms with van der Waals surface area (Å²) in [6, 6.07) is 0.0174. The van der Waals surface area contributed by atoms with Crippen molar-refractivity contribution in [1.29, 1.82) is 0 Å². The number of amides is 1. The number of nitrogens with zero attached hydrogens (tertiary/aromatic N) is 2. The van der Waals surface area contributed by atoms with Gasteiger partial charge in [0.05, 0.1) is 17.2 Å². The molecule has 21 heavy (non-hydrogen) atoms. The van der Waals surface area contributed by atoms with Crippen molar-refractivity contribution in [3.63, 3.8) is 0 Å². The van der Waals surface area contributed by atoms with E-state index in [0.717, 1.165) is 30.8 Å². The van der Waals surface area contributed by atoms with Crippen molar-refractivity contribution in [2.75, 3.05) is 13.1 Å². The molecule has 1 saturated carbocycles. The predicted molar refractivity (Wildman–Crippen MR) is 81.8 cm³/mol. The summed E-state index contributed by atoms with van der Waals surface area (Å²) in [7, 11) is 1.92. The fourth-order valence-corrected chi connectivity index (χ4v) is 4.15. The van der Waals surface area contributed by atoms with E-state index in [1.807, 2.05) is 24.9 Å². The van der Waals surface area contributed by atoms with Crippen molar-refractivity contribution >= 4 is 5.91 Å². The molecule has 3 rings (SSSR count). The van der Waals surface area contributed by atoms with Crippen LogP contribution in [0.2, 0.25) is 0 Å². The highest BCUT2D eigenvalue weighted by molar-refractivity contribution is 5.84. The molecule has 116 valence electrons. The van der Waals surface area contributed by atoms with E-state index in [2.05, 4.69) is 22.7 Å². The third-order valence-electron chi connectivity index (χ3n) is 5.36. The first-order valence-electron chi connectivity index (χ1n) is 8.05. The molecule has 0 aromatic carbocycles. The molecule has 0 bridgehead atoms. The summed E-state index contributed by atoms with van der Waals surface area (Å²) in [5.41, 5.74) is 1.93. The highest BCUT2D eigenvalue weighted by Crippen LogP contribution is 2.44. The molecule has 0 radical (unpaired) electrons. The Balaban J connectivity index is 1.75. The number of hydrogen-bond donors (Lipinski definition) is 2. The van der Waals surface area contributed by atoms with Crippen LogP contribution < -0.4 is 10.6 Å². The molecular formula is C16H26N4O. The van der Waals surface area contributed by atoms with E-state index < -0.39 is 0 Å². The van der Waals surface area contributed by atoms with Crippen molar-refractivity contribution in [1.82, 2.24) is 20.4 Å². The van der Waals surface area contributed by atoms with E-state index in [0.29, 0.717) is 5.92 Å². The maximum absolute atomic E-state index is 12.9. The molecule has 2 N–H and O–H groups in total. The third kappa shape index (κ3) is 2.48. The number of aromatic nitrogens is 2. The van der Waals surface area contributed by atoms with E-state index in [1.54, 1.807) is 0 Å². The Hall–Kier alpha value is -1.36. The van der Waals surface area contributed by atoms with E-state index >= 15 is 0 Å². The molecule has 5 heteroatoms. The van der Waals surface area contributed by atoms with Gasteiger partial charge in [-0.25, -0.2) is 0 Å². The van der Waals surface area contributed by atoms with Crippen molar-refractivity contribution in [2.24, 2.45) is 18.4 Å². The molecule has 2 fully saturated rings. The topological polar surface area (TPSA) is 59.0 Å². The minimum absolute atomic E-state index is 0.0174. The van der Waals surface area contributed by atoms with Crippen LogP contribution in [-0.4, -0.2) is 28.8 Å². The molecule has 1 unspecified atom stereocenters. The van der Waals surface area contributed by atoms with Gasteiger partial charge in [0.2, 0.25) is 5.91 Å². The lowest BCUT2D eigenvalue weighted by molar-refractivity contribution is -0.134. The molecule has 1 aliphatic heterocycles. The lowest BCUT2D eigenvalue weighted by atomic mass is 9.67. The summed E-state index contributed by atoms with van der Waals surface area (Å²) >= 11 is 0. The Kier molecular flexibility index (Phi) is 3.78. The maximum Gasteiger partial charge on any atom is 0.228 e. The molecule has 2 aliphatic rings. The Labute approximate surface area is 126 Å². The van der Waals surface area contributed by atoms with Gasteiger partial charge in [-0.15, -0.1) is 0 Å². The summed E-state index contributed by atoms with van der Waals surface area (Å²) in [6.45, 7) is 5.88. The van der Waals surface area contributed by atoms with Gasteiger partial charge in [-0.1, -0.05) is 12.8 Å². The second-order valence-electron chi connectivity index (χ2n) is 6.77. The van der Waals surface area contributed by atoms with Gasteiger partial charge in [0.15, 0.2) is 0 Å². The van der Waals surface area contributed by atoms with Crippen LogP contribution in [0.3, 0.4) is 0 Å². The van der Waals surface area contributed by atoms with Gasteiger partial charge >= 0.3 is 0 Å². The number of carbonyl (C=O) groups is 1. The largest absolute Gasteiger partial charge is 0.349 e. The molecule has 1 amide bonds. The molecule has 1 aliphatic carbocycles. The number of aryl methyl sites for hydroxylation is 2. The van der Waals surface area contributed by atoms with Crippen LogP contribution in [0.1, 0.15) is 49.9 Å². The summed E-state index contributed by atoms with van der Waals surface area (Å²) < 4.78 is 1.81. The van der Waals surface area contributed by atoms with Gasteiger partial charge in [0.1, 0.15) is 0 Å². The average Bonchev–Trinajstić information content (AvgIpc) is 3.02. The van der Waals surface area contributed by atoms with Gasteiger partial charge in [-0.05, 0) is 39.2 Å². The second kappa shape index (κ2) is 5.44. The van der Waals surface area contributed by atoms with Crippen molar-refractivity contribution < 1.29 is 4.79 Å². The quantitative estimate of drug-likeness (QED) is 0.890. The SMILES string of the molecule is Cc1nn(C)cc1C(C)NC(=O)[C@@]12CCCC[C@H]1CNC2. The summed E-state index contributed by atoms with van der Waals surface area (Å²) in [6.07, 6.45) is 6.64. The second-order valence-corrected chi connectivity index (χ2v) is 6.77. The fraction of sp³-hybridized carbons (Fsp3) is 0.750. The van der Waals surface area contributed by atoms with Crippen LogP contribution in [0, 0.1) is 18.3 Å². The van der Waals surface area contributed by atoms with Gasteiger partial charge < -0.3 is 10.6 Å². The normalized spacial score (nSPS) is 30.0. The van der Waals surface area contributed by atoms with Gasteiger partial charge in [0, 0.05) is 25.4 Å². The van der Waals surface area contributed by atoms with Crippen molar-refractivity contribution in [3.8, 4) is 0 Å². The highest BCUT2D eigenvalue weighted by Gasteiger charge is 2.50. The van der Waals surface area contributed by atoms with Crippen LogP contribution in [-0.2, 0) is 11.8 Å². The monoisotopic (exact) mass is 290 g/mol. The zero-order chi connectivity index (χ0) is 15.0. The molecular weight excluding hydrogens is 264 g/mol. The van der Waals surface area contributed by atoms with E-state index in [1.165, 1.54) is 19.3 Å². The smallest absolute Gasteiger partial charge is 0.228 e. The first-order valence-corrected chi connectivity index (χ1v) is 8.05. The Morgan fingerprint density at radius 3 is 3.10 bits per heavy atom. The Bertz CT molecular complexity index is 538. The lowest BCUT2D eigenvalue weighted by Gasteiger charge is -2.37. The number of carbonyl (C=O) groups excluding carboxylic acids is 1. The minimum atomic E-state index is -0.178. The zero-order valence-electron chi connectivity index (χ0n) is 13.3. The van der Waals surface area contributed by atoms with Gasteiger partial charge in [0.25, 0.3) is 0 Å². The standard InChI is InChI=1S/C16H26N4O/c1-11(14-9-20(3)19-12(14)2)18-15(21)16-7-5-4-6-13(16)8-17-10-16/h9,11,13,17H,4-8,10H2,1-3H3,(H,18,21)/t11?,13-,16+/m0/s1. The van der Waals surface area contributed by atoms with Crippen molar-refractivity contribution in [3.05, 3.63) is 17.5 Å². The Morgan fingerprint density at radius 1 is 1.57 bits per heavy atom. The van der Waals surface area contributed by atoms with Crippen LogP contribution in [0.5, 0.6) is 0 Å². The van der Waals surface area contributed by atoms with E-state index in [9.17, 15) is 4.79 Å². The molecule has 1 saturated heterocycles. The molecule has 0 spiro atoms. The van der Waals surface area contributed by atoms with Gasteiger partial charge in [-0.2, -0.15) is 5.10 Å². The Morgan fingerprint density at radius 2 is 2.38 bits per heavy atom. The average molecular weight is 290 g/mol.